The number of nitrogens with zero attached hydrogens (tertiary/aromatic N) is 2. The van der Waals surface area contributed by atoms with Gasteiger partial charge in [-0.15, -0.1) is 0 Å². The van der Waals surface area contributed by atoms with E-state index in [1.165, 1.54) is 12.4 Å². The molecule has 0 fully saturated rings. The molecule has 110 valence electrons. The van der Waals surface area contributed by atoms with E-state index in [2.05, 4.69) is 15.3 Å². The number of Topliss-reactive ketones (excluding diaryl/α,β-unsaturated/α-hetero) is 1. The molecule has 20 heavy (non-hydrogen) atoms. The molecule has 1 atom stereocenters. The first-order chi connectivity index (χ1) is 9.19. The van der Waals surface area contributed by atoms with Gasteiger partial charge >= 0.3 is 6.09 Å². The van der Waals surface area contributed by atoms with Crippen molar-refractivity contribution in [1.82, 2.24) is 15.3 Å². The molecule has 0 aliphatic carbocycles. The summed E-state index contributed by atoms with van der Waals surface area (Å²) in [6.45, 7) is 8.82. The summed E-state index contributed by atoms with van der Waals surface area (Å²) in [7, 11) is 0. The van der Waals surface area contributed by atoms with Gasteiger partial charge in [-0.3, -0.25) is 9.78 Å². The largest absolute Gasteiger partial charge is 0.444 e. The van der Waals surface area contributed by atoms with Crippen molar-refractivity contribution in [3.63, 3.8) is 0 Å². The van der Waals surface area contributed by atoms with E-state index in [0.29, 0.717) is 11.4 Å². The zero-order valence-corrected chi connectivity index (χ0v) is 12.6. The Hall–Kier alpha value is -1.98. The topological polar surface area (TPSA) is 81.2 Å². The maximum atomic E-state index is 12.0. The summed E-state index contributed by atoms with van der Waals surface area (Å²) in [6.07, 6.45) is 2.63. The minimum Gasteiger partial charge on any atom is -0.444 e. The minimum atomic E-state index is -0.560. The molecule has 1 aromatic rings. The molecular weight excluding hydrogens is 258 g/mol. The standard InChI is InChI=1S/C14H21N3O3/c1-9(17-13(19)20-14(3,4)5)8-11(18)12-10(2)15-6-7-16-12/h6-7,9H,8H2,1-5H3,(H,17,19). The lowest BCUT2D eigenvalue weighted by atomic mass is 10.1. The molecule has 1 rings (SSSR count). The number of ketones is 1. The highest BCUT2D eigenvalue weighted by atomic mass is 16.6. The second-order valence-corrected chi connectivity index (χ2v) is 5.66. The quantitative estimate of drug-likeness (QED) is 0.855. The predicted molar refractivity (Wildman–Crippen MR) is 74.5 cm³/mol. The molecule has 1 aromatic heterocycles. The second-order valence-electron chi connectivity index (χ2n) is 5.66. The number of nitrogens with one attached hydrogen (secondary N) is 1. The zero-order chi connectivity index (χ0) is 15.3. The van der Waals surface area contributed by atoms with Crippen LogP contribution < -0.4 is 5.32 Å². The number of hydrogen-bond acceptors (Lipinski definition) is 5. The maximum absolute atomic E-state index is 12.0. The summed E-state index contributed by atoms with van der Waals surface area (Å²) in [6, 6.07) is -0.334. The highest BCUT2D eigenvalue weighted by Crippen LogP contribution is 2.09. The average molecular weight is 279 g/mol. The summed E-state index contributed by atoms with van der Waals surface area (Å²) in [5, 5.41) is 2.63. The number of rotatable bonds is 4. The van der Waals surface area contributed by atoms with Gasteiger partial charge in [0.15, 0.2) is 5.78 Å². The number of amides is 1. The Balaban J connectivity index is 2.55. The van der Waals surface area contributed by atoms with Crippen LogP contribution in [0.15, 0.2) is 12.4 Å². The molecule has 0 aliphatic heterocycles. The Bertz CT molecular complexity index is 495. The van der Waals surface area contributed by atoms with Gasteiger partial charge in [-0.1, -0.05) is 0 Å². The van der Waals surface area contributed by atoms with Gasteiger partial charge in [-0.05, 0) is 34.6 Å². The molecule has 6 nitrogen and oxygen atoms in total. The van der Waals surface area contributed by atoms with Crippen LogP contribution in [0.5, 0.6) is 0 Å². The van der Waals surface area contributed by atoms with Crippen LogP contribution in [0.2, 0.25) is 0 Å². The number of ether oxygens (including phenoxy) is 1. The molecule has 1 unspecified atom stereocenters. The molecule has 1 N–H and O–H groups in total. The summed E-state index contributed by atoms with van der Waals surface area (Å²) >= 11 is 0. The third-order valence-corrected chi connectivity index (χ3v) is 2.40. The summed E-state index contributed by atoms with van der Waals surface area (Å²) in [5.74, 6) is -0.154. The first-order valence-electron chi connectivity index (χ1n) is 6.49. The van der Waals surface area contributed by atoms with Gasteiger partial charge in [-0.2, -0.15) is 0 Å². The molecule has 0 saturated carbocycles. The van der Waals surface area contributed by atoms with Crippen molar-refractivity contribution in [2.45, 2.75) is 52.7 Å². The molecule has 6 heteroatoms. The normalized spacial score (nSPS) is 12.7. The van der Waals surface area contributed by atoms with Gasteiger partial charge in [0.2, 0.25) is 0 Å². The van der Waals surface area contributed by atoms with E-state index in [1.54, 1.807) is 34.6 Å². The molecule has 0 spiro atoms. The van der Waals surface area contributed by atoms with E-state index in [-0.39, 0.29) is 18.2 Å². The lowest BCUT2D eigenvalue weighted by Crippen LogP contribution is -2.38. The first kappa shape index (κ1) is 16.1. The Kier molecular flexibility index (Phi) is 5.19. The number of carbonyl (C=O) groups is 2. The van der Waals surface area contributed by atoms with Crippen LogP contribution in [0.1, 0.15) is 50.3 Å². The van der Waals surface area contributed by atoms with Gasteiger partial charge < -0.3 is 10.1 Å². The lowest BCUT2D eigenvalue weighted by molar-refractivity contribution is 0.0506. The Morgan fingerprint density at radius 1 is 1.30 bits per heavy atom. The van der Waals surface area contributed by atoms with Gasteiger partial charge in [0.1, 0.15) is 11.3 Å². The van der Waals surface area contributed by atoms with Gasteiger partial charge in [-0.25, -0.2) is 9.78 Å². The zero-order valence-electron chi connectivity index (χ0n) is 12.6. The average Bonchev–Trinajstić information content (AvgIpc) is 2.25. The molecule has 1 heterocycles. The number of hydrogen-bond donors (Lipinski definition) is 1. The number of aromatic nitrogens is 2. The first-order valence-corrected chi connectivity index (χ1v) is 6.49. The van der Waals surface area contributed by atoms with Crippen molar-refractivity contribution in [1.29, 1.82) is 0 Å². The molecule has 0 saturated heterocycles. The van der Waals surface area contributed by atoms with Crippen LogP contribution in [-0.4, -0.2) is 33.5 Å². The molecule has 0 bridgehead atoms. The predicted octanol–water partition coefficient (Wildman–Crippen LogP) is 2.27. The monoisotopic (exact) mass is 279 g/mol. The van der Waals surface area contributed by atoms with Crippen molar-refractivity contribution in [3.05, 3.63) is 23.8 Å². The van der Waals surface area contributed by atoms with E-state index in [0.717, 1.165) is 0 Å². The Morgan fingerprint density at radius 3 is 2.45 bits per heavy atom. The summed E-state index contributed by atoms with van der Waals surface area (Å²) in [5.41, 5.74) is 0.363. The molecule has 1 amide bonds. The Morgan fingerprint density at radius 2 is 1.90 bits per heavy atom. The van der Waals surface area contributed by atoms with Crippen LogP contribution in [-0.2, 0) is 4.74 Å². The number of alkyl carbamates (subject to hydrolysis) is 1. The number of aryl methyl sites for hydroxylation is 1. The van der Waals surface area contributed by atoms with Crippen molar-refractivity contribution >= 4 is 11.9 Å². The van der Waals surface area contributed by atoms with Crippen LogP contribution in [0, 0.1) is 6.92 Å². The van der Waals surface area contributed by atoms with E-state index in [1.807, 2.05) is 0 Å². The van der Waals surface area contributed by atoms with Gasteiger partial charge in [0.25, 0.3) is 0 Å². The third-order valence-electron chi connectivity index (χ3n) is 2.40. The molecule has 0 radical (unpaired) electrons. The molecule has 0 aromatic carbocycles. The van der Waals surface area contributed by atoms with E-state index in [9.17, 15) is 9.59 Å². The fourth-order valence-corrected chi connectivity index (χ4v) is 1.62. The van der Waals surface area contributed by atoms with Gasteiger partial charge in [0, 0.05) is 24.9 Å². The van der Waals surface area contributed by atoms with Crippen molar-refractivity contribution < 1.29 is 14.3 Å². The summed E-state index contributed by atoms with van der Waals surface area (Å²) < 4.78 is 5.13. The summed E-state index contributed by atoms with van der Waals surface area (Å²) in [4.78, 5) is 31.7. The smallest absolute Gasteiger partial charge is 0.407 e. The fraction of sp³-hybridized carbons (Fsp3) is 0.571. The van der Waals surface area contributed by atoms with Crippen LogP contribution in [0.25, 0.3) is 0 Å². The highest BCUT2D eigenvalue weighted by Gasteiger charge is 2.20. The second kappa shape index (κ2) is 6.45. The SMILES string of the molecule is Cc1nccnc1C(=O)CC(C)NC(=O)OC(C)(C)C. The van der Waals surface area contributed by atoms with Crippen molar-refractivity contribution in [3.8, 4) is 0 Å². The van der Waals surface area contributed by atoms with Crippen LogP contribution in [0.4, 0.5) is 4.79 Å². The highest BCUT2D eigenvalue weighted by molar-refractivity contribution is 5.95. The maximum Gasteiger partial charge on any atom is 0.407 e. The van der Waals surface area contributed by atoms with Crippen molar-refractivity contribution in [2.75, 3.05) is 0 Å². The van der Waals surface area contributed by atoms with Crippen molar-refractivity contribution in [2.24, 2.45) is 0 Å². The van der Waals surface area contributed by atoms with E-state index in [4.69, 9.17) is 4.74 Å². The Labute approximate surface area is 119 Å². The van der Waals surface area contributed by atoms with E-state index >= 15 is 0 Å². The molecular formula is C14H21N3O3. The fourth-order valence-electron chi connectivity index (χ4n) is 1.62. The van der Waals surface area contributed by atoms with Crippen LogP contribution in [0.3, 0.4) is 0 Å². The van der Waals surface area contributed by atoms with Gasteiger partial charge in [0.05, 0.1) is 5.69 Å². The van der Waals surface area contributed by atoms with E-state index < -0.39 is 11.7 Å². The lowest BCUT2D eigenvalue weighted by Gasteiger charge is -2.21. The third kappa shape index (κ3) is 5.34. The number of carbonyl (C=O) groups excluding carboxylic acids is 2. The minimum absolute atomic E-state index is 0.152. The molecule has 0 aliphatic rings. The van der Waals surface area contributed by atoms with Crippen LogP contribution >= 0.6 is 0 Å².